The van der Waals surface area contributed by atoms with E-state index >= 15 is 0 Å². The molecule has 2 heteroatoms. The zero-order chi connectivity index (χ0) is 12.7. The molecule has 0 aromatic heterocycles. The molecule has 3 rings (SSSR count). The van der Waals surface area contributed by atoms with E-state index in [0.717, 1.165) is 12.6 Å². The van der Waals surface area contributed by atoms with E-state index in [9.17, 15) is 0 Å². The van der Waals surface area contributed by atoms with Crippen LogP contribution in [0.25, 0.3) is 0 Å². The van der Waals surface area contributed by atoms with Crippen LogP contribution in [0.5, 0.6) is 0 Å². The molecule has 0 bridgehead atoms. The monoisotopic (exact) mass is 244 g/mol. The maximum Gasteiger partial charge on any atom is 0.0394 e. The van der Waals surface area contributed by atoms with Crippen LogP contribution in [0.1, 0.15) is 42.0 Å². The first-order valence-corrected chi connectivity index (χ1v) is 7.23. The van der Waals surface area contributed by atoms with E-state index in [1.807, 2.05) is 0 Å². The van der Waals surface area contributed by atoms with Gasteiger partial charge in [0.2, 0.25) is 0 Å². The second-order valence-corrected chi connectivity index (χ2v) is 6.06. The number of likely N-dealkylation sites (tertiary alicyclic amines) is 1. The molecular formula is C16H24N2. The molecule has 1 aromatic rings. The molecule has 1 aromatic carbocycles. The van der Waals surface area contributed by atoms with Gasteiger partial charge in [-0.3, -0.25) is 4.90 Å². The minimum atomic E-state index is 0.572. The summed E-state index contributed by atoms with van der Waals surface area (Å²) in [7, 11) is 0. The zero-order valence-corrected chi connectivity index (χ0v) is 11.5. The molecule has 1 aliphatic carbocycles. The minimum Gasteiger partial charge on any atom is -0.330 e. The molecule has 98 valence electrons. The Balaban J connectivity index is 1.94. The van der Waals surface area contributed by atoms with Gasteiger partial charge in [0.05, 0.1) is 0 Å². The van der Waals surface area contributed by atoms with E-state index < -0.39 is 0 Å². The molecule has 2 aliphatic rings. The van der Waals surface area contributed by atoms with Crippen LogP contribution in [0.4, 0.5) is 0 Å². The van der Waals surface area contributed by atoms with Gasteiger partial charge in [-0.05, 0) is 63.2 Å². The van der Waals surface area contributed by atoms with E-state index in [-0.39, 0.29) is 0 Å². The van der Waals surface area contributed by atoms with Crippen LogP contribution in [0.3, 0.4) is 0 Å². The van der Waals surface area contributed by atoms with Crippen molar-refractivity contribution in [2.24, 2.45) is 11.7 Å². The van der Waals surface area contributed by atoms with Gasteiger partial charge >= 0.3 is 0 Å². The molecule has 1 aliphatic heterocycles. The minimum absolute atomic E-state index is 0.572. The first-order chi connectivity index (χ1) is 8.70. The fraction of sp³-hybridized carbons (Fsp3) is 0.625. The van der Waals surface area contributed by atoms with Gasteiger partial charge in [-0.25, -0.2) is 0 Å². The number of rotatable bonds is 3. The summed E-state index contributed by atoms with van der Waals surface area (Å²) in [6.07, 6.45) is 4.04. The Hall–Kier alpha value is -0.860. The summed E-state index contributed by atoms with van der Waals surface area (Å²) in [5, 5.41) is 0. The molecule has 2 fully saturated rings. The Morgan fingerprint density at radius 2 is 2.00 bits per heavy atom. The molecule has 0 amide bonds. The van der Waals surface area contributed by atoms with Crippen LogP contribution < -0.4 is 5.73 Å². The smallest absolute Gasteiger partial charge is 0.0394 e. The lowest BCUT2D eigenvalue weighted by Gasteiger charge is -2.29. The normalized spacial score (nSPS) is 28.8. The highest BCUT2D eigenvalue weighted by molar-refractivity contribution is 5.34. The van der Waals surface area contributed by atoms with E-state index in [4.69, 9.17) is 5.73 Å². The van der Waals surface area contributed by atoms with Crippen LogP contribution in [0.2, 0.25) is 0 Å². The Morgan fingerprint density at radius 3 is 2.61 bits per heavy atom. The highest BCUT2D eigenvalue weighted by Gasteiger charge is 2.42. The van der Waals surface area contributed by atoms with E-state index in [1.165, 1.54) is 42.5 Å². The van der Waals surface area contributed by atoms with Crippen LogP contribution in [-0.2, 0) is 0 Å². The lowest BCUT2D eigenvalue weighted by Crippen LogP contribution is -2.30. The number of nitrogens with two attached hydrogens (primary N) is 1. The van der Waals surface area contributed by atoms with Crippen LogP contribution in [0, 0.1) is 19.8 Å². The molecular weight excluding hydrogens is 220 g/mol. The maximum absolute atomic E-state index is 6.00. The van der Waals surface area contributed by atoms with Crippen molar-refractivity contribution in [1.82, 2.24) is 4.90 Å². The Bertz CT molecular complexity index is 437. The summed E-state index contributed by atoms with van der Waals surface area (Å²) in [4.78, 5) is 2.72. The summed E-state index contributed by atoms with van der Waals surface area (Å²) >= 11 is 0. The van der Waals surface area contributed by atoms with Gasteiger partial charge in [0.15, 0.2) is 0 Å². The lowest BCUT2D eigenvalue weighted by atomic mass is 9.90. The molecule has 2 N–H and O–H groups in total. The molecule has 1 saturated carbocycles. The Morgan fingerprint density at radius 1 is 1.22 bits per heavy atom. The van der Waals surface area contributed by atoms with Gasteiger partial charge in [-0.1, -0.05) is 23.8 Å². The first-order valence-electron chi connectivity index (χ1n) is 7.23. The summed E-state index contributed by atoms with van der Waals surface area (Å²) in [6, 6.07) is 8.31. The molecule has 2 atom stereocenters. The van der Waals surface area contributed by atoms with Crippen molar-refractivity contribution in [2.75, 3.05) is 13.1 Å². The van der Waals surface area contributed by atoms with Crippen molar-refractivity contribution in [3.63, 3.8) is 0 Å². The Labute approximate surface area is 110 Å². The van der Waals surface area contributed by atoms with Crippen molar-refractivity contribution in [3.05, 3.63) is 34.9 Å². The number of aryl methyl sites for hydroxylation is 2. The van der Waals surface area contributed by atoms with E-state index in [0.29, 0.717) is 12.0 Å². The predicted octanol–water partition coefficient (Wildman–Crippen LogP) is 2.79. The molecule has 18 heavy (non-hydrogen) atoms. The topological polar surface area (TPSA) is 29.3 Å². The zero-order valence-electron chi connectivity index (χ0n) is 11.5. The fourth-order valence-electron chi connectivity index (χ4n) is 3.54. The van der Waals surface area contributed by atoms with Gasteiger partial charge in [-0.2, -0.15) is 0 Å². The molecule has 0 spiro atoms. The summed E-state index contributed by atoms with van der Waals surface area (Å²) in [6.45, 7) is 6.48. The van der Waals surface area contributed by atoms with Gasteiger partial charge in [0.25, 0.3) is 0 Å². The first kappa shape index (κ1) is 12.2. The van der Waals surface area contributed by atoms with Crippen LogP contribution in [-0.4, -0.2) is 24.0 Å². The molecule has 2 nitrogen and oxygen atoms in total. The largest absolute Gasteiger partial charge is 0.330 e. The van der Waals surface area contributed by atoms with Crippen LogP contribution in [0.15, 0.2) is 18.2 Å². The van der Waals surface area contributed by atoms with E-state index in [2.05, 4.69) is 36.9 Å². The second-order valence-electron chi connectivity index (χ2n) is 6.06. The third-order valence-electron chi connectivity index (χ3n) is 4.62. The SMILES string of the molecule is Cc1ccc(C2C(CN)CCN2C2CC2)c(C)c1. The van der Waals surface area contributed by atoms with Crippen molar-refractivity contribution < 1.29 is 0 Å². The average molecular weight is 244 g/mol. The van der Waals surface area contributed by atoms with Gasteiger partial charge in [-0.15, -0.1) is 0 Å². The van der Waals surface area contributed by atoms with Gasteiger partial charge in [0.1, 0.15) is 0 Å². The van der Waals surface area contributed by atoms with Crippen molar-refractivity contribution in [1.29, 1.82) is 0 Å². The quantitative estimate of drug-likeness (QED) is 0.886. The number of nitrogens with zero attached hydrogens (tertiary/aromatic N) is 1. The van der Waals surface area contributed by atoms with Crippen molar-refractivity contribution in [2.45, 2.75) is 45.2 Å². The lowest BCUT2D eigenvalue weighted by molar-refractivity contribution is 0.220. The molecule has 0 radical (unpaired) electrons. The summed E-state index contributed by atoms with van der Waals surface area (Å²) < 4.78 is 0. The second kappa shape index (κ2) is 4.67. The number of hydrogen-bond donors (Lipinski definition) is 1. The van der Waals surface area contributed by atoms with Crippen LogP contribution >= 0.6 is 0 Å². The number of benzene rings is 1. The molecule has 1 heterocycles. The average Bonchev–Trinajstić information content (AvgIpc) is 3.10. The third kappa shape index (κ3) is 2.08. The highest BCUT2D eigenvalue weighted by atomic mass is 15.2. The summed E-state index contributed by atoms with van der Waals surface area (Å²) in [5.74, 6) is 0.645. The fourth-order valence-corrected chi connectivity index (χ4v) is 3.54. The van der Waals surface area contributed by atoms with Crippen molar-refractivity contribution in [3.8, 4) is 0 Å². The van der Waals surface area contributed by atoms with Crippen molar-refractivity contribution >= 4 is 0 Å². The van der Waals surface area contributed by atoms with E-state index in [1.54, 1.807) is 0 Å². The maximum atomic E-state index is 6.00. The Kier molecular flexibility index (Phi) is 3.16. The number of hydrogen-bond acceptors (Lipinski definition) is 2. The summed E-state index contributed by atoms with van der Waals surface area (Å²) in [5.41, 5.74) is 10.3. The standard InChI is InChI=1S/C16H24N2/c1-11-3-6-15(12(2)9-11)16-13(10-17)7-8-18(16)14-4-5-14/h3,6,9,13-14,16H,4-5,7-8,10,17H2,1-2H3. The highest BCUT2D eigenvalue weighted by Crippen LogP contribution is 2.44. The molecule has 1 saturated heterocycles. The van der Waals surface area contributed by atoms with Gasteiger partial charge in [0, 0.05) is 12.1 Å². The molecule has 2 unspecified atom stereocenters. The third-order valence-corrected chi connectivity index (χ3v) is 4.62. The van der Waals surface area contributed by atoms with Gasteiger partial charge < -0.3 is 5.73 Å². The predicted molar refractivity (Wildman–Crippen MR) is 75.5 cm³/mol.